The first-order chi connectivity index (χ1) is 15.6. The zero-order chi connectivity index (χ0) is 22.5. The number of anilines is 1. The zero-order valence-corrected chi connectivity index (χ0v) is 18.9. The van der Waals surface area contributed by atoms with Gasteiger partial charge in [0.2, 0.25) is 5.91 Å². The minimum atomic E-state index is -0.289. The average Bonchev–Trinajstić information content (AvgIpc) is 2.84. The van der Waals surface area contributed by atoms with Crippen molar-refractivity contribution in [2.24, 2.45) is 5.92 Å². The van der Waals surface area contributed by atoms with E-state index in [-0.39, 0.29) is 17.9 Å². The summed E-state index contributed by atoms with van der Waals surface area (Å²) in [6, 6.07) is 12.2. The molecule has 2 aliphatic rings. The van der Waals surface area contributed by atoms with Crippen molar-refractivity contribution in [3.63, 3.8) is 0 Å². The van der Waals surface area contributed by atoms with Crippen LogP contribution in [0.2, 0.25) is 0 Å². The van der Waals surface area contributed by atoms with Crippen molar-refractivity contribution in [1.29, 1.82) is 0 Å². The molecule has 2 amide bonds. The van der Waals surface area contributed by atoms with Gasteiger partial charge in [-0.25, -0.2) is 4.79 Å². The molecule has 8 nitrogen and oxygen atoms in total. The Morgan fingerprint density at radius 2 is 1.62 bits per heavy atom. The van der Waals surface area contributed by atoms with Gasteiger partial charge in [0.1, 0.15) is 0 Å². The molecule has 0 radical (unpaired) electrons. The van der Waals surface area contributed by atoms with E-state index in [1.54, 1.807) is 11.8 Å². The van der Waals surface area contributed by atoms with Crippen molar-refractivity contribution in [3.05, 3.63) is 42.0 Å². The Labute approximate surface area is 189 Å². The fraction of sp³-hybridized carbons (Fsp3) is 0.500. The van der Waals surface area contributed by atoms with Crippen LogP contribution in [0.15, 0.2) is 36.4 Å². The lowest BCUT2D eigenvalue weighted by Gasteiger charge is -2.38. The Bertz CT molecular complexity index is 933. The van der Waals surface area contributed by atoms with Crippen LogP contribution in [0.4, 0.5) is 10.6 Å². The van der Waals surface area contributed by atoms with Gasteiger partial charge >= 0.3 is 6.09 Å². The Morgan fingerprint density at radius 1 is 0.938 bits per heavy atom. The number of hydrogen-bond donors (Lipinski definition) is 0. The summed E-state index contributed by atoms with van der Waals surface area (Å²) >= 11 is 0. The first-order valence-corrected chi connectivity index (χ1v) is 11.4. The topological polar surface area (TPSA) is 78.9 Å². The number of aromatic nitrogens is 2. The Balaban J connectivity index is 1.28. The summed E-state index contributed by atoms with van der Waals surface area (Å²) in [5.41, 5.74) is 3.15. The molecule has 0 bridgehead atoms. The van der Waals surface area contributed by atoms with Crippen molar-refractivity contribution in [2.45, 2.75) is 26.7 Å². The number of piperidine rings is 1. The first-order valence-electron chi connectivity index (χ1n) is 11.4. The highest BCUT2D eigenvalue weighted by Crippen LogP contribution is 2.26. The van der Waals surface area contributed by atoms with Gasteiger partial charge in [0.05, 0.1) is 12.3 Å². The monoisotopic (exact) mass is 437 g/mol. The van der Waals surface area contributed by atoms with Crippen LogP contribution in [0.5, 0.6) is 0 Å². The fourth-order valence-electron chi connectivity index (χ4n) is 4.44. The molecule has 0 atom stereocenters. The number of piperazine rings is 1. The van der Waals surface area contributed by atoms with E-state index in [4.69, 9.17) is 4.74 Å². The predicted octanol–water partition coefficient (Wildman–Crippen LogP) is 2.97. The number of nitrogens with zero attached hydrogens (tertiary/aromatic N) is 5. The Hall–Kier alpha value is -3.16. The molecule has 1 aromatic carbocycles. The van der Waals surface area contributed by atoms with Crippen LogP contribution >= 0.6 is 0 Å². The minimum absolute atomic E-state index is 0.0274. The van der Waals surface area contributed by atoms with Crippen molar-refractivity contribution >= 4 is 17.8 Å². The fourth-order valence-corrected chi connectivity index (χ4v) is 4.44. The molecule has 32 heavy (non-hydrogen) atoms. The number of carbonyl (C=O) groups is 2. The normalized spacial score (nSPS) is 17.4. The molecule has 0 spiro atoms. The summed E-state index contributed by atoms with van der Waals surface area (Å²) in [7, 11) is 0. The van der Waals surface area contributed by atoms with E-state index in [9.17, 15) is 9.59 Å². The van der Waals surface area contributed by atoms with Gasteiger partial charge in [0.15, 0.2) is 5.82 Å². The number of carbonyl (C=O) groups excluding carboxylic acids is 2. The number of aryl methyl sites for hydroxylation is 1. The third-order valence-corrected chi connectivity index (χ3v) is 6.36. The third kappa shape index (κ3) is 4.84. The molecule has 3 heterocycles. The van der Waals surface area contributed by atoms with Crippen LogP contribution in [0.1, 0.15) is 25.3 Å². The van der Waals surface area contributed by atoms with Crippen LogP contribution in [0.3, 0.4) is 0 Å². The summed E-state index contributed by atoms with van der Waals surface area (Å²) in [5.74, 6) is 1.09. The van der Waals surface area contributed by atoms with E-state index in [0.717, 1.165) is 43.0 Å². The maximum Gasteiger partial charge on any atom is 0.409 e. The SMILES string of the molecule is CCOC(=O)N1CCN(C(=O)C2CCN(c3ccc(-c4ccccc4C)nn3)CC2)CC1. The van der Waals surface area contributed by atoms with E-state index in [0.29, 0.717) is 32.8 Å². The van der Waals surface area contributed by atoms with E-state index < -0.39 is 0 Å². The lowest BCUT2D eigenvalue weighted by atomic mass is 9.95. The summed E-state index contributed by atoms with van der Waals surface area (Å²) in [5, 5.41) is 8.89. The second-order valence-electron chi connectivity index (χ2n) is 8.36. The molecule has 170 valence electrons. The summed E-state index contributed by atoms with van der Waals surface area (Å²) in [6.07, 6.45) is 1.32. The van der Waals surface area contributed by atoms with Crippen molar-refractivity contribution < 1.29 is 14.3 Å². The van der Waals surface area contributed by atoms with Crippen LogP contribution in [0, 0.1) is 12.8 Å². The second-order valence-corrected chi connectivity index (χ2v) is 8.36. The third-order valence-electron chi connectivity index (χ3n) is 6.36. The molecule has 1 aromatic heterocycles. The molecule has 2 aromatic rings. The number of hydrogen-bond acceptors (Lipinski definition) is 6. The summed E-state index contributed by atoms with van der Waals surface area (Å²) < 4.78 is 5.05. The first kappa shape index (κ1) is 22.0. The standard InChI is InChI=1S/C24H31N5O3/c1-3-32-24(31)29-16-14-28(15-17-29)23(30)19-10-12-27(13-11-19)22-9-8-21(25-26-22)20-7-5-4-6-18(20)2/h4-9,19H,3,10-17H2,1-2H3. The lowest BCUT2D eigenvalue weighted by Crippen LogP contribution is -2.53. The number of amides is 2. The van der Waals surface area contributed by atoms with E-state index in [1.807, 2.05) is 29.2 Å². The van der Waals surface area contributed by atoms with Gasteiger partial charge in [0, 0.05) is 50.7 Å². The molecule has 4 rings (SSSR count). The van der Waals surface area contributed by atoms with Gasteiger partial charge in [-0.2, -0.15) is 0 Å². The highest BCUT2D eigenvalue weighted by atomic mass is 16.6. The quantitative estimate of drug-likeness (QED) is 0.732. The molecule has 2 aliphatic heterocycles. The molecular formula is C24H31N5O3. The average molecular weight is 438 g/mol. The van der Waals surface area contributed by atoms with Crippen LogP contribution in [0.25, 0.3) is 11.3 Å². The largest absolute Gasteiger partial charge is 0.450 e. The maximum absolute atomic E-state index is 13.0. The molecule has 0 N–H and O–H groups in total. The van der Waals surface area contributed by atoms with Gasteiger partial charge < -0.3 is 19.4 Å². The molecule has 0 saturated carbocycles. The van der Waals surface area contributed by atoms with Crippen LogP contribution < -0.4 is 4.90 Å². The van der Waals surface area contributed by atoms with E-state index in [1.165, 1.54) is 5.56 Å². The van der Waals surface area contributed by atoms with Crippen molar-refractivity contribution in [2.75, 3.05) is 50.8 Å². The van der Waals surface area contributed by atoms with Gasteiger partial charge in [-0.1, -0.05) is 24.3 Å². The molecule has 0 aliphatic carbocycles. The highest BCUT2D eigenvalue weighted by molar-refractivity contribution is 5.79. The number of rotatable bonds is 4. The Kier molecular flexibility index (Phi) is 6.87. The number of benzene rings is 1. The summed E-state index contributed by atoms with van der Waals surface area (Å²) in [4.78, 5) is 30.6. The molecule has 2 saturated heterocycles. The smallest absolute Gasteiger partial charge is 0.409 e. The van der Waals surface area contributed by atoms with E-state index >= 15 is 0 Å². The predicted molar refractivity (Wildman–Crippen MR) is 122 cm³/mol. The molecule has 0 unspecified atom stereocenters. The molecular weight excluding hydrogens is 406 g/mol. The van der Waals surface area contributed by atoms with Crippen molar-refractivity contribution in [1.82, 2.24) is 20.0 Å². The van der Waals surface area contributed by atoms with Gasteiger partial charge in [-0.3, -0.25) is 4.79 Å². The zero-order valence-electron chi connectivity index (χ0n) is 18.9. The van der Waals surface area contributed by atoms with Gasteiger partial charge in [-0.15, -0.1) is 10.2 Å². The second kappa shape index (κ2) is 9.97. The highest BCUT2D eigenvalue weighted by Gasteiger charge is 2.32. The summed E-state index contributed by atoms with van der Waals surface area (Å²) in [6.45, 7) is 8.04. The van der Waals surface area contributed by atoms with E-state index in [2.05, 4.69) is 34.2 Å². The number of ether oxygens (including phenoxy) is 1. The molecule has 2 fully saturated rings. The van der Waals surface area contributed by atoms with Crippen LogP contribution in [-0.4, -0.2) is 77.9 Å². The van der Waals surface area contributed by atoms with Gasteiger partial charge in [0.25, 0.3) is 0 Å². The van der Waals surface area contributed by atoms with Gasteiger partial charge in [-0.05, 0) is 44.4 Å². The Morgan fingerprint density at radius 3 is 2.25 bits per heavy atom. The molecule has 8 heteroatoms. The van der Waals surface area contributed by atoms with Crippen molar-refractivity contribution in [3.8, 4) is 11.3 Å². The van der Waals surface area contributed by atoms with Crippen LogP contribution in [-0.2, 0) is 9.53 Å². The maximum atomic E-state index is 13.0. The lowest BCUT2D eigenvalue weighted by molar-refractivity contribution is -0.137. The minimum Gasteiger partial charge on any atom is -0.450 e.